The number of esters is 1. The first-order valence-electron chi connectivity index (χ1n) is 10.8. The molecule has 156 valence electrons. The smallest absolute Gasteiger partial charge is 0.312 e. The minimum Gasteiger partial charge on any atom is -0.481 e. The molecule has 4 aliphatic rings. The summed E-state index contributed by atoms with van der Waals surface area (Å²) in [6.45, 7) is 13.6. The number of carboxylic acid groups (broad SMARTS) is 1. The normalized spacial score (nSPS) is 34.6. The third-order valence-electron chi connectivity index (χ3n) is 7.97. The molecule has 0 amide bonds. The van der Waals surface area contributed by atoms with Gasteiger partial charge in [-0.15, -0.1) is 0 Å². The van der Waals surface area contributed by atoms with Gasteiger partial charge in [0.05, 0.1) is 10.8 Å². The van der Waals surface area contributed by atoms with Gasteiger partial charge in [-0.3, -0.25) is 9.59 Å². The van der Waals surface area contributed by atoms with Gasteiger partial charge in [0, 0.05) is 0 Å². The van der Waals surface area contributed by atoms with Crippen LogP contribution in [-0.4, -0.2) is 22.6 Å². The SMILES string of the molecule is CCC(C)(C)C(=O)O.CCC(C)(C)C(=O)OC1(C)C2CC3CC(C2)CC1C3. The largest absolute Gasteiger partial charge is 0.481 e. The number of carboxylic acids is 1. The molecular formula is C23H40O4. The lowest BCUT2D eigenvalue weighted by Gasteiger charge is -2.59. The predicted octanol–water partition coefficient (Wildman–Crippen LogP) is 5.69. The first-order valence-corrected chi connectivity index (χ1v) is 10.8. The van der Waals surface area contributed by atoms with Crippen molar-refractivity contribution >= 4 is 11.9 Å². The molecule has 0 aliphatic heterocycles. The Kier molecular flexibility index (Phi) is 6.38. The lowest BCUT2D eigenvalue weighted by Crippen LogP contribution is -2.58. The molecule has 0 saturated heterocycles. The zero-order valence-corrected chi connectivity index (χ0v) is 18.4. The summed E-state index contributed by atoms with van der Waals surface area (Å²) in [7, 11) is 0. The van der Waals surface area contributed by atoms with Crippen molar-refractivity contribution in [3.63, 3.8) is 0 Å². The monoisotopic (exact) mass is 380 g/mol. The summed E-state index contributed by atoms with van der Waals surface area (Å²) in [5.74, 6) is 2.40. The van der Waals surface area contributed by atoms with Crippen LogP contribution in [0.25, 0.3) is 0 Å². The van der Waals surface area contributed by atoms with E-state index in [4.69, 9.17) is 9.84 Å². The Bertz CT molecular complexity index is 533. The first kappa shape index (κ1) is 22.2. The van der Waals surface area contributed by atoms with Gasteiger partial charge in [0.1, 0.15) is 5.60 Å². The summed E-state index contributed by atoms with van der Waals surface area (Å²) in [6, 6.07) is 0. The number of hydrogen-bond donors (Lipinski definition) is 1. The lowest BCUT2D eigenvalue weighted by atomic mass is 9.50. The van der Waals surface area contributed by atoms with Gasteiger partial charge in [0.2, 0.25) is 0 Å². The number of aliphatic carboxylic acids is 1. The van der Waals surface area contributed by atoms with Crippen molar-refractivity contribution in [3.05, 3.63) is 0 Å². The third kappa shape index (κ3) is 4.51. The maximum atomic E-state index is 12.5. The van der Waals surface area contributed by atoms with Crippen LogP contribution in [0.2, 0.25) is 0 Å². The minimum absolute atomic E-state index is 0.0185. The molecule has 0 aromatic rings. The van der Waals surface area contributed by atoms with E-state index in [0.717, 1.165) is 18.3 Å². The summed E-state index contributed by atoms with van der Waals surface area (Å²) in [5, 5.41) is 8.44. The van der Waals surface area contributed by atoms with Crippen LogP contribution in [0.1, 0.15) is 93.4 Å². The average Bonchev–Trinajstić information content (AvgIpc) is 2.59. The highest BCUT2D eigenvalue weighted by atomic mass is 16.6. The van der Waals surface area contributed by atoms with Crippen LogP contribution in [0.5, 0.6) is 0 Å². The second kappa shape index (κ2) is 7.75. The highest BCUT2D eigenvalue weighted by Crippen LogP contribution is 2.59. The molecule has 0 radical (unpaired) electrons. The fraction of sp³-hybridized carbons (Fsp3) is 0.913. The molecule has 0 heterocycles. The van der Waals surface area contributed by atoms with E-state index in [0.29, 0.717) is 18.3 Å². The Hall–Kier alpha value is -1.06. The fourth-order valence-corrected chi connectivity index (χ4v) is 4.92. The van der Waals surface area contributed by atoms with Gasteiger partial charge in [-0.25, -0.2) is 0 Å². The number of rotatable bonds is 5. The lowest BCUT2D eigenvalue weighted by molar-refractivity contribution is -0.211. The second-order valence-electron chi connectivity index (χ2n) is 10.7. The van der Waals surface area contributed by atoms with Crippen molar-refractivity contribution < 1.29 is 19.4 Å². The van der Waals surface area contributed by atoms with Crippen molar-refractivity contribution in [2.24, 2.45) is 34.5 Å². The topological polar surface area (TPSA) is 63.6 Å². The summed E-state index contributed by atoms with van der Waals surface area (Å²) in [5.41, 5.74) is -1.05. The zero-order chi connectivity index (χ0) is 20.6. The van der Waals surface area contributed by atoms with Crippen molar-refractivity contribution in [1.82, 2.24) is 0 Å². The zero-order valence-electron chi connectivity index (χ0n) is 18.4. The minimum atomic E-state index is -0.722. The highest BCUT2D eigenvalue weighted by Gasteiger charge is 2.57. The van der Waals surface area contributed by atoms with Crippen LogP contribution >= 0.6 is 0 Å². The number of carbonyl (C=O) groups excluding carboxylic acids is 1. The molecule has 0 aromatic heterocycles. The Balaban J connectivity index is 0.000000279. The van der Waals surface area contributed by atoms with Crippen molar-refractivity contribution in [1.29, 1.82) is 0 Å². The van der Waals surface area contributed by atoms with Crippen LogP contribution in [0.4, 0.5) is 0 Å². The number of carbonyl (C=O) groups is 2. The maximum Gasteiger partial charge on any atom is 0.312 e. The van der Waals surface area contributed by atoms with Gasteiger partial charge in [-0.05, 0) is 103 Å². The first-order chi connectivity index (χ1) is 12.4. The molecule has 4 nitrogen and oxygen atoms in total. The van der Waals surface area contributed by atoms with Crippen molar-refractivity contribution in [2.45, 2.75) is 99.0 Å². The summed E-state index contributed by atoms with van der Waals surface area (Å²) >= 11 is 0. The van der Waals surface area contributed by atoms with E-state index in [1.807, 2.05) is 20.8 Å². The molecule has 1 N–H and O–H groups in total. The molecule has 27 heavy (non-hydrogen) atoms. The molecule has 4 fully saturated rings. The third-order valence-corrected chi connectivity index (χ3v) is 7.97. The molecule has 0 spiro atoms. The number of ether oxygens (including phenoxy) is 1. The summed E-state index contributed by atoms with van der Waals surface area (Å²) in [6.07, 6.45) is 8.15. The summed E-state index contributed by atoms with van der Waals surface area (Å²) < 4.78 is 6.13. The van der Waals surface area contributed by atoms with E-state index < -0.39 is 11.4 Å². The molecule has 4 bridgehead atoms. The van der Waals surface area contributed by atoms with Crippen LogP contribution in [0, 0.1) is 34.5 Å². The average molecular weight is 381 g/mol. The van der Waals surface area contributed by atoms with E-state index in [9.17, 15) is 9.59 Å². The van der Waals surface area contributed by atoms with E-state index in [2.05, 4.69) is 13.8 Å². The van der Waals surface area contributed by atoms with Gasteiger partial charge < -0.3 is 9.84 Å². The van der Waals surface area contributed by atoms with Gasteiger partial charge in [-0.1, -0.05) is 13.8 Å². The van der Waals surface area contributed by atoms with Crippen LogP contribution in [0.15, 0.2) is 0 Å². The predicted molar refractivity (Wildman–Crippen MR) is 107 cm³/mol. The Morgan fingerprint density at radius 1 is 0.889 bits per heavy atom. The summed E-state index contributed by atoms with van der Waals surface area (Å²) in [4.78, 5) is 22.7. The number of hydrogen-bond acceptors (Lipinski definition) is 3. The van der Waals surface area contributed by atoms with Gasteiger partial charge in [0.15, 0.2) is 0 Å². The van der Waals surface area contributed by atoms with E-state index in [1.165, 1.54) is 32.1 Å². The van der Waals surface area contributed by atoms with Gasteiger partial charge in [0.25, 0.3) is 0 Å². The highest BCUT2D eigenvalue weighted by molar-refractivity contribution is 5.76. The molecule has 0 atom stereocenters. The van der Waals surface area contributed by atoms with E-state index >= 15 is 0 Å². The fourth-order valence-electron chi connectivity index (χ4n) is 4.92. The van der Waals surface area contributed by atoms with Crippen LogP contribution < -0.4 is 0 Å². The van der Waals surface area contributed by atoms with Crippen LogP contribution in [-0.2, 0) is 14.3 Å². The molecule has 0 unspecified atom stereocenters. The standard InChI is InChI=1S/C17H28O2.C6H12O2/c1-5-16(2,3)15(18)19-17(4)13-7-11-6-12(9-13)10-14(17)8-11;1-4-6(2,3)5(7)8/h11-14H,5-10H2,1-4H3;4H2,1-3H3,(H,7,8). The second-order valence-corrected chi connectivity index (χ2v) is 10.7. The van der Waals surface area contributed by atoms with Crippen LogP contribution in [0.3, 0.4) is 0 Å². The maximum absolute atomic E-state index is 12.5. The molecule has 4 saturated carbocycles. The molecule has 4 rings (SSSR count). The van der Waals surface area contributed by atoms with E-state index in [1.54, 1.807) is 13.8 Å². The molecule has 0 aromatic carbocycles. The van der Waals surface area contributed by atoms with Crippen molar-refractivity contribution in [2.75, 3.05) is 0 Å². The van der Waals surface area contributed by atoms with E-state index in [-0.39, 0.29) is 17.0 Å². The molecule has 4 aliphatic carbocycles. The van der Waals surface area contributed by atoms with Gasteiger partial charge >= 0.3 is 11.9 Å². The Morgan fingerprint density at radius 2 is 1.30 bits per heavy atom. The quantitative estimate of drug-likeness (QED) is 0.623. The Labute approximate surface area is 165 Å². The molecular weight excluding hydrogens is 340 g/mol. The van der Waals surface area contributed by atoms with Crippen molar-refractivity contribution in [3.8, 4) is 0 Å². The molecule has 4 heteroatoms. The Morgan fingerprint density at radius 3 is 1.59 bits per heavy atom. The van der Waals surface area contributed by atoms with Gasteiger partial charge in [-0.2, -0.15) is 0 Å².